The molecule has 0 aromatic carbocycles. The average Bonchev–Trinajstić information content (AvgIpc) is 2.79. The summed E-state index contributed by atoms with van der Waals surface area (Å²) in [6.07, 6.45) is 3.42. The van der Waals surface area contributed by atoms with Gasteiger partial charge in [0.2, 0.25) is 0 Å². The summed E-state index contributed by atoms with van der Waals surface area (Å²) < 4.78 is 4.72. The van der Waals surface area contributed by atoms with Crippen LogP contribution in [0.3, 0.4) is 0 Å². The molecule has 0 aliphatic heterocycles. The Morgan fingerprint density at radius 2 is 2.25 bits per heavy atom. The van der Waals surface area contributed by atoms with Crippen LogP contribution in [-0.2, 0) is 9.53 Å². The molecular formula is C9H15NO2. The highest BCUT2D eigenvalue weighted by molar-refractivity contribution is 5.76. The van der Waals surface area contributed by atoms with Crippen molar-refractivity contribution in [3.8, 4) is 0 Å². The van der Waals surface area contributed by atoms with Gasteiger partial charge in [-0.1, -0.05) is 6.42 Å². The van der Waals surface area contributed by atoms with E-state index in [1.165, 1.54) is 13.5 Å². The van der Waals surface area contributed by atoms with E-state index in [1.54, 1.807) is 0 Å². The summed E-state index contributed by atoms with van der Waals surface area (Å²) in [5.41, 5.74) is 5.90. The number of methoxy groups -OCH3 is 1. The molecular weight excluding hydrogens is 154 g/mol. The van der Waals surface area contributed by atoms with Crippen LogP contribution in [0, 0.1) is 17.8 Å². The van der Waals surface area contributed by atoms with E-state index in [0.29, 0.717) is 11.8 Å². The van der Waals surface area contributed by atoms with Crippen molar-refractivity contribution >= 4 is 5.97 Å². The number of hydrogen-bond acceptors (Lipinski definition) is 3. The van der Waals surface area contributed by atoms with Crippen molar-refractivity contribution in [2.75, 3.05) is 7.11 Å². The van der Waals surface area contributed by atoms with E-state index in [2.05, 4.69) is 0 Å². The Balaban J connectivity index is 2.00. The molecule has 0 aromatic heterocycles. The van der Waals surface area contributed by atoms with Gasteiger partial charge in [0, 0.05) is 6.04 Å². The van der Waals surface area contributed by atoms with Gasteiger partial charge in [0.15, 0.2) is 0 Å². The molecule has 0 bridgehead atoms. The zero-order valence-electron chi connectivity index (χ0n) is 7.32. The highest BCUT2D eigenvalue weighted by atomic mass is 16.5. The van der Waals surface area contributed by atoms with E-state index in [9.17, 15) is 4.79 Å². The number of nitrogens with two attached hydrogens (primary N) is 1. The SMILES string of the molecule is COC(=O)[C@H]1[C@@H]2CCCC(N)[C@@H]21. The summed E-state index contributed by atoms with van der Waals surface area (Å²) in [7, 11) is 1.46. The fourth-order valence-corrected chi connectivity index (χ4v) is 2.61. The first kappa shape index (κ1) is 8.05. The molecule has 12 heavy (non-hydrogen) atoms. The van der Waals surface area contributed by atoms with Gasteiger partial charge in [-0.25, -0.2) is 0 Å². The van der Waals surface area contributed by atoms with Crippen LogP contribution in [0.15, 0.2) is 0 Å². The minimum absolute atomic E-state index is 0.0534. The third-order valence-corrected chi connectivity index (χ3v) is 3.27. The second kappa shape index (κ2) is 2.73. The molecule has 3 heteroatoms. The summed E-state index contributed by atoms with van der Waals surface area (Å²) in [4.78, 5) is 11.2. The van der Waals surface area contributed by atoms with Crippen molar-refractivity contribution in [1.29, 1.82) is 0 Å². The molecule has 0 heterocycles. The first-order chi connectivity index (χ1) is 5.75. The molecule has 2 rings (SSSR count). The predicted octanol–water partition coefficient (Wildman–Crippen LogP) is 0.533. The van der Waals surface area contributed by atoms with Gasteiger partial charge >= 0.3 is 5.97 Å². The van der Waals surface area contributed by atoms with Crippen molar-refractivity contribution in [2.24, 2.45) is 23.5 Å². The fourth-order valence-electron chi connectivity index (χ4n) is 2.61. The molecule has 1 unspecified atom stereocenters. The van der Waals surface area contributed by atoms with Gasteiger partial charge in [0.1, 0.15) is 0 Å². The standard InChI is InChI=1S/C9H15NO2/c1-12-9(11)8-5-3-2-4-6(10)7(5)8/h5-8H,2-4,10H2,1H3/t5-,6?,7-,8+/m1/s1. The van der Waals surface area contributed by atoms with Crippen LogP contribution in [0.5, 0.6) is 0 Å². The lowest BCUT2D eigenvalue weighted by Crippen LogP contribution is -2.26. The number of esters is 1. The normalized spacial score (nSPS) is 44.8. The summed E-state index contributed by atoms with van der Waals surface area (Å²) in [6.45, 7) is 0. The number of fused-ring (bicyclic) bond motifs is 1. The molecule has 0 spiro atoms. The highest BCUT2D eigenvalue weighted by Crippen LogP contribution is 2.55. The number of carbonyl (C=O) groups excluding carboxylic acids is 1. The van der Waals surface area contributed by atoms with Gasteiger partial charge in [-0.3, -0.25) is 4.79 Å². The largest absolute Gasteiger partial charge is 0.469 e. The smallest absolute Gasteiger partial charge is 0.309 e. The molecule has 2 N–H and O–H groups in total. The Bertz CT molecular complexity index is 205. The Labute approximate surface area is 72.3 Å². The van der Waals surface area contributed by atoms with Crippen LogP contribution in [0.4, 0.5) is 0 Å². The maximum atomic E-state index is 11.2. The monoisotopic (exact) mass is 169 g/mol. The zero-order valence-corrected chi connectivity index (χ0v) is 7.32. The number of ether oxygens (including phenoxy) is 1. The van der Waals surface area contributed by atoms with Crippen molar-refractivity contribution in [1.82, 2.24) is 0 Å². The van der Waals surface area contributed by atoms with Crippen LogP contribution >= 0.6 is 0 Å². The summed E-state index contributed by atoms with van der Waals surface area (Å²) >= 11 is 0. The Morgan fingerprint density at radius 1 is 1.50 bits per heavy atom. The minimum Gasteiger partial charge on any atom is -0.469 e. The van der Waals surface area contributed by atoms with E-state index in [0.717, 1.165) is 12.8 Å². The second-order valence-electron chi connectivity index (χ2n) is 3.88. The molecule has 0 amide bonds. The van der Waals surface area contributed by atoms with Crippen LogP contribution < -0.4 is 5.73 Å². The Kier molecular flexibility index (Phi) is 1.83. The molecule has 2 aliphatic carbocycles. The third-order valence-electron chi connectivity index (χ3n) is 3.27. The summed E-state index contributed by atoms with van der Waals surface area (Å²) in [5.74, 6) is 1.06. The maximum absolute atomic E-state index is 11.2. The number of rotatable bonds is 1. The molecule has 2 fully saturated rings. The Morgan fingerprint density at radius 3 is 2.83 bits per heavy atom. The highest BCUT2D eigenvalue weighted by Gasteiger charge is 2.58. The molecule has 0 radical (unpaired) electrons. The molecule has 3 nitrogen and oxygen atoms in total. The van der Waals surface area contributed by atoms with E-state index < -0.39 is 0 Å². The lowest BCUT2D eigenvalue weighted by atomic mass is 9.96. The molecule has 68 valence electrons. The van der Waals surface area contributed by atoms with Crippen molar-refractivity contribution in [3.05, 3.63) is 0 Å². The lowest BCUT2D eigenvalue weighted by molar-refractivity contribution is -0.142. The van der Waals surface area contributed by atoms with Gasteiger partial charge in [0.05, 0.1) is 13.0 Å². The first-order valence-electron chi connectivity index (χ1n) is 4.59. The first-order valence-corrected chi connectivity index (χ1v) is 4.59. The van der Waals surface area contributed by atoms with E-state index in [1.807, 2.05) is 0 Å². The van der Waals surface area contributed by atoms with Crippen LogP contribution in [0.25, 0.3) is 0 Å². The van der Waals surface area contributed by atoms with Gasteiger partial charge in [-0.05, 0) is 24.7 Å². The summed E-state index contributed by atoms with van der Waals surface area (Å²) in [5, 5.41) is 0. The average molecular weight is 169 g/mol. The van der Waals surface area contributed by atoms with E-state index in [4.69, 9.17) is 10.5 Å². The van der Waals surface area contributed by atoms with Gasteiger partial charge in [0.25, 0.3) is 0 Å². The Hall–Kier alpha value is -0.570. The van der Waals surface area contributed by atoms with Crippen LogP contribution in [0.1, 0.15) is 19.3 Å². The van der Waals surface area contributed by atoms with Crippen molar-refractivity contribution in [3.63, 3.8) is 0 Å². The zero-order chi connectivity index (χ0) is 8.72. The van der Waals surface area contributed by atoms with Crippen LogP contribution in [-0.4, -0.2) is 19.1 Å². The minimum atomic E-state index is -0.0534. The third kappa shape index (κ3) is 1.04. The predicted molar refractivity (Wildman–Crippen MR) is 44.3 cm³/mol. The van der Waals surface area contributed by atoms with Gasteiger partial charge < -0.3 is 10.5 Å². The van der Waals surface area contributed by atoms with Gasteiger partial charge in [-0.2, -0.15) is 0 Å². The lowest BCUT2D eigenvalue weighted by Gasteiger charge is -2.15. The molecule has 2 saturated carbocycles. The van der Waals surface area contributed by atoms with Crippen LogP contribution in [0.2, 0.25) is 0 Å². The molecule has 2 aliphatic rings. The quantitative estimate of drug-likeness (QED) is 0.583. The van der Waals surface area contributed by atoms with E-state index in [-0.39, 0.29) is 17.9 Å². The molecule has 0 saturated heterocycles. The topological polar surface area (TPSA) is 52.3 Å². The number of carbonyl (C=O) groups is 1. The fraction of sp³-hybridized carbons (Fsp3) is 0.889. The maximum Gasteiger partial charge on any atom is 0.309 e. The second-order valence-corrected chi connectivity index (χ2v) is 3.88. The van der Waals surface area contributed by atoms with Crippen molar-refractivity contribution in [2.45, 2.75) is 25.3 Å². The summed E-state index contributed by atoms with van der Waals surface area (Å²) in [6, 6.07) is 0.243. The number of hydrogen-bond donors (Lipinski definition) is 1. The van der Waals surface area contributed by atoms with Crippen molar-refractivity contribution < 1.29 is 9.53 Å². The molecule has 0 aromatic rings. The molecule has 4 atom stereocenters. The van der Waals surface area contributed by atoms with E-state index >= 15 is 0 Å². The van der Waals surface area contributed by atoms with Gasteiger partial charge in [-0.15, -0.1) is 0 Å².